The fourth-order valence-corrected chi connectivity index (χ4v) is 9.58. The van der Waals surface area contributed by atoms with Crippen LogP contribution < -0.4 is 0 Å². The van der Waals surface area contributed by atoms with E-state index < -0.39 is 0 Å². The maximum Gasteiger partial charge on any atom is 0.164 e. The molecule has 0 spiro atoms. The van der Waals surface area contributed by atoms with Crippen LogP contribution in [0.15, 0.2) is 186 Å². The lowest BCUT2D eigenvalue weighted by Gasteiger charge is -2.09. The van der Waals surface area contributed by atoms with Crippen LogP contribution in [-0.2, 0) is 0 Å². The van der Waals surface area contributed by atoms with Gasteiger partial charge in [-0.3, -0.25) is 0 Å². The maximum atomic E-state index is 6.63. The minimum Gasteiger partial charge on any atom is -0.456 e. The molecular formula is C51H30N4OS. The molecule has 0 radical (unpaired) electrons. The Bertz CT molecular complexity index is 3420. The van der Waals surface area contributed by atoms with Crippen LogP contribution >= 0.6 is 11.3 Å². The Morgan fingerprint density at radius 1 is 0.386 bits per heavy atom. The Morgan fingerprint density at radius 2 is 0.947 bits per heavy atom. The first-order valence-corrected chi connectivity index (χ1v) is 19.8. The molecule has 0 saturated carbocycles. The summed E-state index contributed by atoms with van der Waals surface area (Å²) in [6.07, 6.45) is 0. The molecule has 0 aliphatic carbocycles. The first-order valence-electron chi connectivity index (χ1n) is 19.0. The molecule has 57 heavy (non-hydrogen) atoms. The Labute approximate surface area is 330 Å². The predicted molar refractivity (Wildman–Crippen MR) is 236 cm³/mol. The molecule has 0 fully saturated rings. The highest BCUT2D eigenvalue weighted by Crippen LogP contribution is 2.42. The van der Waals surface area contributed by atoms with E-state index >= 15 is 0 Å². The highest BCUT2D eigenvalue weighted by Gasteiger charge is 2.19. The van der Waals surface area contributed by atoms with Crippen LogP contribution in [0.4, 0.5) is 0 Å². The molecular weight excluding hydrogens is 717 g/mol. The summed E-state index contributed by atoms with van der Waals surface area (Å²) >= 11 is 1.79. The summed E-state index contributed by atoms with van der Waals surface area (Å²) in [4.78, 5) is 15.0. The van der Waals surface area contributed by atoms with Crippen molar-refractivity contribution in [3.05, 3.63) is 182 Å². The number of furan rings is 1. The van der Waals surface area contributed by atoms with Crippen molar-refractivity contribution in [1.29, 1.82) is 0 Å². The zero-order valence-corrected chi connectivity index (χ0v) is 31.2. The molecule has 0 N–H and O–H groups in total. The summed E-state index contributed by atoms with van der Waals surface area (Å²) in [5.74, 6) is 1.97. The molecule has 0 bridgehead atoms. The zero-order chi connectivity index (χ0) is 37.5. The number of nitrogens with zero attached hydrogens (tertiary/aromatic N) is 4. The number of rotatable bonds is 5. The standard InChI is InChI=1S/C51H30N4OS/c1-3-12-31(13-4-1)49-52-50(32-14-5-2-6-15-32)54-51(53-49)41-18-11-21-46-48(41)40-26-23-34(29-47(40)57-46)33-22-25-38-39-27-24-35(30-45(39)56-44(38)28-33)55-42-19-9-7-16-36(42)37-17-8-10-20-43(37)55/h1-30H. The maximum absolute atomic E-state index is 6.63. The van der Waals surface area contributed by atoms with Crippen molar-refractivity contribution >= 4 is 75.3 Å². The molecule has 12 aromatic rings. The number of aromatic nitrogens is 4. The van der Waals surface area contributed by atoms with E-state index in [0.29, 0.717) is 17.5 Å². The molecule has 8 aromatic carbocycles. The molecule has 0 unspecified atom stereocenters. The summed E-state index contributed by atoms with van der Waals surface area (Å²) in [7, 11) is 0. The van der Waals surface area contributed by atoms with E-state index in [2.05, 4.69) is 126 Å². The molecule has 0 atom stereocenters. The van der Waals surface area contributed by atoms with Crippen molar-refractivity contribution in [2.45, 2.75) is 0 Å². The first-order chi connectivity index (χ1) is 28.2. The lowest BCUT2D eigenvalue weighted by molar-refractivity contribution is 0.669. The van der Waals surface area contributed by atoms with Gasteiger partial charge in [0, 0.05) is 70.2 Å². The smallest absolute Gasteiger partial charge is 0.164 e. The van der Waals surface area contributed by atoms with Gasteiger partial charge in [-0.05, 0) is 59.7 Å². The molecule has 4 aromatic heterocycles. The average molecular weight is 747 g/mol. The molecule has 0 amide bonds. The summed E-state index contributed by atoms with van der Waals surface area (Å²) in [5, 5.41) is 7.04. The van der Waals surface area contributed by atoms with Gasteiger partial charge < -0.3 is 8.98 Å². The van der Waals surface area contributed by atoms with Crippen molar-refractivity contribution in [2.75, 3.05) is 0 Å². The second-order valence-corrected chi connectivity index (χ2v) is 15.5. The minimum atomic E-state index is 0.655. The van der Waals surface area contributed by atoms with E-state index in [4.69, 9.17) is 19.4 Å². The van der Waals surface area contributed by atoms with Crippen LogP contribution in [0.3, 0.4) is 0 Å². The second kappa shape index (κ2) is 12.6. The number of hydrogen-bond donors (Lipinski definition) is 0. The van der Waals surface area contributed by atoms with Gasteiger partial charge in [0.2, 0.25) is 0 Å². The monoisotopic (exact) mass is 746 g/mol. The van der Waals surface area contributed by atoms with Crippen molar-refractivity contribution < 1.29 is 4.42 Å². The van der Waals surface area contributed by atoms with E-state index in [1.54, 1.807) is 11.3 Å². The van der Waals surface area contributed by atoms with E-state index in [9.17, 15) is 0 Å². The summed E-state index contributed by atoms with van der Waals surface area (Å²) in [6.45, 7) is 0. The molecule has 4 heterocycles. The van der Waals surface area contributed by atoms with Crippen LogP contribution in [0.2, 0.25) is 0 Å². The normalized spacial score (nSPS) is 11.9. The SMILES string of the molecule is c1ccc(-c2nc(-c3ccccc3)nc(-c3cccc4sc5cc(-c6ccc7c(c6)oc6cc(-n8c9ccccc9c9ccccc98)ccc67)ccc5c34)n2)cc1. The number of benzene rings is 8. The molecule has 0 aliphatic heterocycles. The second-order valence-electron chi connectivity index (χ2n) is 14.4. The fourth-order valence-electron chi connectivity index (χ4n) is 8.41. The van der Waals surface area contributed by atoms with Gasteiger partial charge >= 0.3 is 0 Å². The average Bonchev–Trinajstić information content (AvgIpc) is 3.95. The zero-order valence-electron chi connectivity index (χ0n) is 30.4. The molecule has 12 rings (SSSR count). The summed E-state index contributed by atoms with van der Waals surface area (Å²) in [6, 6.07) is 63.8. The van der Waals surface area contributed by atoms with Crippen LogP contribution in [-0.4, -0.2) is 19.5 Å². The predicted octanol–water partition coefficient (Wildman–Crippen LogP) is 13.9. The number of hydrogen-bond acceptors (Lipinski definition) is 5. The van der Waals surface area contributed by atoms with E-state index in [1.165, 1.54) is 36.6 Å². The van der Waals surface area contributed by atoms with Crippen molar-refractivity contribution in [3.63, 3.8) is 0 Å². The van der Waals surface area contributed by atoms with Gasteiger partial charge in [0.05, 0.1) is 11.0 Å². The Morgan fingerprint density at radius 3 is 1.63 bits per heavy atom. The molecule has 6 heteroatoms. The van der Waals surface area contributed by atoms with Crippen LogP contribution in [0.5, 0.6) is 0 Å². The van der Waals surface area contributed by atoms with Gasteiger partial charge in [-0.1, -0.05) is 127 Å². The first kappa shape index (κ1) is 31.9. The lowest BCUT2D eigenvalue weighted by Crippen LogP contribution is -2.00. The van der Waals surface area contributed by atoms with Gasteiger partial charge in [-0.15, -0.1) is 11.3 Å². The molecule has 0 aliphatic rings. The van der Waals surface area contributed by atoms with Crippen molar-refractivity contribution in [2.24, 2.45) is 0 Å². The number of thiophene rings is 1. The highest BCUT2D eigenvalue weighted by atomic mass is 32.1. The Balaban J connectivity index is 0.953. The van der Waals surface area contributed by atoms with Gasteiger partial charge in [0.1, 0.15) is 11.2 Å². The van der Waals surface area contributed by atoms with Gasteiger partial charge in [-0.25, -0.2) is 15.0 Å². The lowest BCUT2D eigenvalue weighted by atomic mass is 10.0. The summed E-state index contributed by atoms with van der Waals surface area (Å²) < 4.78 is 11.4. The quantitative estimate of drug-likeness (QED) is 0.176. The molecule has 266 valence electrons. The third-order valence-electron chi connectivity index (χ3n) is 11.1. The molecule has 0 saturated heterocycles. The highest BCUT2D eigenvalue weighted by molar-refractivity contribution is 7.26. The van der Waals surface area contributed by atoms with Crippen molar-refractivity contribution in [3.8, 4) is 51.0 Å². The van der Waals surface area contributed by atoms with E-state index in [0.717, 1.165) is 60.8 Å². The van der Waals surface area contributed by atoms with Crippen LogP contribution in [0.1, 0.15) is 0 Å². The number of para-hydroxylation sites is 2. The third kappa shape index (κ3) is 5.12. The van der Waals surface area contributed by atoms with Crippen LogP contribution in [0.25, 0.3) is 115 Å². The number of fused-ring (bicyclic) bond motifs is 9. The Kier molecular flexibility index (Phi) is 7.03. The largest absolute Gasteiger partial charge is 0.456 e. The fraction of sp³-hybridized carbons (Fsp3) is 0. The van der Waals surface area contributed by atoms with Gasteiger partial charge in [0.15, 0.2) is 17.5 Å². The molecule has 5 nitrogen and oxygen atoms in total. The van der Waals surface area contributed by atoms with Crippen molar-refractivity contribution in [1.82, 2.24) is 19.5 Å². The topological polar surface area (TPSA) is 56.7 Å². The summed E-state index contributed by atoms with van der Waals surface area (Å²) in [5.41, 5.74) is 10.3. The minimum absolute atomic E-state index is 0.655. The van der Waals surface area contributed by atoms with E-state index in [-0.39, 0.29) is 0 Å². The van der Waals surface area contributed by atoms with Crippen LogP contribution in [0, 0.1) is 0 Å². The third-order valence-corrected chi connectivity index (χ3v) is 12.2. The Hall–Kier alpha value is -7.41. The van der Waals surface area contributed by atoms with E-state index in [1.807, 2.05) is 60.7 Å². The van der Waals surface area contributed by atoms with Gasteiger partial charge in [-0.2, -0.15) is 0 Å². The van der Waals surface area contributed by atoms with Gasteiger partial charge in [0.25, 0.3) is 0 Å².